The molecule has 2 unspecified atom stereocenters. The van der Waals surface area contributed by atoms with E-state index in [4.69, 9.17) is 9.47 Å². The SMILES string of the molecule is COc1ccc(CBr)cc1C1CC(O)CCO1. The van der Waals surface area contributed by atoms with Crippen LogP contribution in [0.5, 0.6) is 5.75 Å². The summed E-state index contributed by atoms with van der Waals surface area (Å²) in [4.78, 5) is 0. The maximum atomic E-state index is 9.70. The van der Waals surface area contributed by atoms with E-state index in [0.717, 1.165) is 23.1 Å². The number of aliphatic hydroxyl groups excluding tert-OH is 1. The Bertz CT molecular complexity index is 381. The molecule has 0 saturated carbocycles. The number of halogens is 1. The first-order valence-corrected chi connectivity index (χ1v) is 6.89. The van der Waals surface area contributed by atoms with E-state index in [2.05, 4.69) is 22.0 Å². The van der Waals surface area contributed by atoms with Crippen LogP contribution in [-0.2, 0) is 10.1 Å². The zero-order valence-corrected chi connectivity index (χ0v) is 11.4. The number of benzene rings is 1. The molecule has 1 aromatic rings. The highest BCUT2D eigenvalue weighted by Gasteiger charge is 2.25. The number of hydrogen-bond donors (Lipinski definition) is 1. The molecule has 0 aliphatic carbocycles. The maximum absolute atomic E-state index is 9.70. The third kappa shape index (κ3) is 3.00. The molecule has 17 heavy (non-hydrogen) atoms. The molecule has 1 aliphatic heterocycles. The molecule has 1 aromatic carbocycles. The second-order valence-corrected chi connectivity index (χ2v) is 4.81. The van der Waals surface area contributed by atoms with Gasteiger partial charge in [0.05, 0.1) is 19.3 Å². The van der Waals surface area contributed by atoms with Gasteiger partial charge in [0.2, 0.25) is 0 Å². The van der Waals surface area contributed by atoms with Gasteiger partial charge in [-0.15, -0.1) is 0 Å². The molecule has 1 fully saturated rings. The van der Waals surface area contributed by atoms with E-state index in [0.29, 0.717) is 13.0 Å². The summed E-state index contributed by atoms with van der Waals surface area (Å²) in [6.07, 6.45) is 1.03. The van der Waals surface area contributed by atoms with Gasteiger partial charge in [0.25, 0.3) is 0 Å². The minimum Gasteiger partial charge on any atom is -0.496 e. The molecule has 2 rings (SSSR count). The Balaban J connectivity index is 2.27. The lowest BCUT2D eigenvalue weighted by molar-refractivity contribution is -0.0455. The van der Waals surface area contributed by atoms with Crippen molar-refractivity contribution in [2.45, 2.75) is 30.4 Å². The number of alkyl halides is 1. The Morgan fingerprint density at radius 1 is 1.53 bits per heavy atom. The van der Waals surface area contributed by atoms with Gasteiger partial charge in [0.15, 0.2) is 0 Å². The predicted molar refractivity (Wildman–Crippen MR) is 69.6 cm³/mol. The van der Waals surface area contributed by atoms with Crippen LogP contribution in [0.15, 0.2) is 18.2 Å². The van der Waals surface area contributed by atoms with E-state index in [1.165, 1.54) is 5.56 Å². The van der Waals surface area contributed by atoms with E-state index < -0.39 is 0 Å². The Morgan fingerprint density at radius 2 is 2.35 bits per heavy atom. The predicted octanol–water partition coefficient (Wildman–Crippen LogP) is 2.80. The highest BCUT2D eigenvalue weighted by atomic mass is 79.9. The van der Waals surface area contributed by atoms with E-state index in [1.54, 1.807) is 7.11 Å². The molecule has 1 aliphatic rings. The molecule has 3 nitrogen and oxygen atoms in total. The number of rotatable bonds is 3. The van der Waals surface area contributed by atoms with Crippen LogP contribution in [0.25, 0.3) is 0 Å². The van der Waals surface area contributed by atoms with Crippen LogP contribution in [0.2, 0.25) is 0 Å². The molecular weight excluding hydrogens is 284 g/mol. The molecule has 1 saturated heterocycles. The van der Waals surface area contributed by atoms with Crippen molar-refractivity contribution >= 4 is 15.9 Å². The topological polar surface area (TPSA) is 38.7 Å². The summed E-state index contributed by atoms with van der Waals surface area (Å²) >= 11 is 3.44. The molecule has 94 valence electrons. The minimum atomic E-state index is -0.272. The second kappa shape index (κ2) is 5.85. The highest BCUT2D eigenvalue weighted by molar-refractivity contribution is 9.08. The average Bonchev–Trinajstić information content (AvgIpc) is 2.38. The van der Waals surface area contributed by atoms with Gasteiger partial charge >= 0.3 is 0 Å². The third-order valence-corrected chi connectivity index (χ3v) is 3.70. The van der Waals surface area contributed by atoms with Crippen LogP contribution in [0.3, 0.4) is 0 Å². The summed E-state index contributed by atoms with van der Waals surface area (Å²) in [6, 6.07) is 6.06. The lowest BCUT2D eigenvalue weighted by Gasteiger charge is -2.28. The van der Waals surface area contributed by atoms with Gasteiger partial charge in [0, 0.05) is 23.9 Å². The first kappa shape index (κ1) is 12.9. The fourth-order valence-electron chi connectivity index (χ4n) is 2.11. The Labute approximate surface area is 110 Å². The molecule has 0 spiro atoms. The van der Waals surface area contributed by atoms with Gasteiger partial charge in [0.1, 0.15) is 5.75 Å². The van der Waals surface area contributed by atoms with Crippen molar-refractivity contribution in [1.82, 2.24) is 0 Å². The lowest BCUT2D eigenvalue weighted by Crippen LogP contribution is -2.23. The number of ether oxygens (including phenoxy) is 2. The molecule has 1 N–H and O–H groups in total. The van der Waals surface area contributed by atoms with E-state index in [-0.39, 0.29) is 12.2 Å². The van der Waals surface area contributed by atoms with Gasteiger partial charge in [-0.25, -0.2) is 0 Å². The normalized spacial score (nSPS) is 24.6. The average molecular weight is 301 g/mol. The van der Waals surface area contributed by atoms with Crippen LogP contribution in [0, 0.1) is 0 Å². The molecule has 0 radical (unpaired) electrons. The van der Waals surface area contributed by atoms with E-state index in [1.807, 2.05) is 12.1 Å². The maximum Gasteiger partial charge on any atom is 0.124 e. The highest BCUT2D eigenvalue weighted by Crippen LogP contribution is 2.35. The van der Waals surface area contributed by atoms with Crippen LogP contribution >= 0.6 is 15.9 Å². The summed E-state index contributed by atoms with van der Waals surface area (Å²) in [5.41, 5.74) is 2.22. The first-order chi connectivity index (χ1) is 8.24. The van der Waals surface area contributed by atoms with E-state index in [9.17, 15) is 5.11 Å². The van der Waals surface area contributed by atoms with Crippen molar-refractivity contribution in [3.63, 3.8) is 0 Å². The number of hydrogen-bond acceptors (Lipinski definition) is 3. The first-order valence-electron chi connectivity index (χ1n) is 5.77. The quantitative estimate of drug-likeness (QED) is 0.873. The van der Waals surface area contributed by atoms with Gasteiger partial charge < -0.3 is 14.6 Å². The Kier molecular flexibility index (Phi) is 4.42. The number of methoxy groups -OCH3 is 1. The summed E-state index contributed by atoms with van der Waals surface area (Å²) in [6.45, 7) is 0.605. The van der Waals surface area contributed by atoms with Crippen LogP contribution < -0.4 is 4.74 Å². The lowest BCUT2D eigenvalue weighted by atomic mass is 9.97. The van der Waals surface area contributed by atoms with Gasteiger partial charge in [-0.3, -0.25) is 0 Å². The van der Waals surface area contributed by atoms with Crippen LogP contribution in [0.4, 0.5) is 0 Å². The smallest absolute Gasteiger partial charge is 0.124 e. The van der Waals surface area contributed by atoms with Crippen molar-refractivity contribution in [2.75, 3.05) is 13.7 Å². The van der Waals surface area contributed by atoms with Crippen molar-refractivity contribution in [2.24, 2.45) is 0 Å². The van der Waals surface area contributed by atoms with Gasteiger partial charge in [-0.05, 0) is 24.1 Å². The molecule has 0 amide bonds. The Hall–Kier alpha value is -0.580. The van der Waals surface area contributed by atoms with Crippen molar-refractivity contribution in [3.8, 4) is 5.75 Å². The molecule has 0 aromatic heterocycles. The largest absolute Gasteiger partial charge is 0.496 e. The van der Waals surface area contributed by atoms with E-state index >= 15 is 0 Å². The molecule has 4 heteroatoms. The summed E-state index contributed by atoms with van der Waals surface area (Å²) in [7, 11) is 1.66. The number of aliphatic hydroxyl groups is 1. The third-order valence-electron chi connectivity index (χ3n) is 3.05. The summed E-state index contributed by atoms with van der Waals surface area (Å²) < 4.78 is 11.1. The van der Waals surface area contributed by atoms with Crippen LogP contribution in [0.1, 0.15) is 30.1 Å². The van der Waals surface area contributed by atoms with Crippen molar-refractivity contribution in [3.05, 3.63) is 29.3 Å². The minimum absolute atomic E-state index is 0.0623. The zero-order valence-electron chi connectivity index (χ0n) is 9.86. The van der Waals surface area contributed by atoms with Crippen molar-refractivity contribution in [1.29, 1.82) is 0 Å². The van der Waals surface area contributed by atoms with Gasteiger partial charge in [-0.1, -0.05) is 22.0 Å². The molecule has 2 atom stereocenters. The van der Waals surface area contributed by atoms with Crippen molar-refractivity contribution < 1.29 is 14.6 Å². The fraction of sp³-hybridized carbons (Fsp3) is 0.538. The monoisotopic (exact) mass is 300 g/mol. The molecular formula is C13H17BrO3. The standard InChI is InChI=1S/C13H17BrO3/c1-16-12-3-2-9(8-14)6-11(12)13-7-10(15)4-5-17-13/h2-3,6,10,13,15H,4-5,7-8H2,1H3. The van der Waals surface area contributed by atoms with Gasteiger partial charge in [-0.2, -0.15) is 0 Å². The zero-order chi connectivity index (χ0) is 12.3. The molecule has 0 bridgehead atoms. The Morgan fingerprint density at radius 3 is 3.00 bits per heavy atom. The summed E-state index contributed by atoms with van der Waals surface area (Å²) in [5.74, 6) is 0.828. The summed E-state index contributed by atoms with van der Waals surface area (Å²) in [5, 5.41) is 10.5. The second-order valence-electron chi connectivity index (χ2n) is 4.25. The fourth-order valence-corrected chi connectivity index (χ4v) is 2.46. The molecule has 1 heterocycles. The van der Waals surface area contributed by atoms with Crippen LogP contribution in [-0.4, -0.2) is 24.9 Å².